The van der Waals surface area contributed by atoms with Gasteiger partial charge in [-0.3, -0.25) is 0 Å². The molecule has 112 valence electrons. The van der Waals surface area contributed by atoms with Crippen molar-refractivity contribution in [3.63, 3.8) is 0 Å². The first kappa shape index (κ1) is 17.0. The lowest BCUT2D eigenvalue weighted by Gasteiger charge is -2.24. The van der Waals surface area contributed by atoms with Crippen molar-refractivity contribution in [2.24, 2.45) is 0 Å². The van der Waals surface area contributed by atoms with Crippen LogP contribution in [0, 0.1) is 0 Å². The summed E-state index contributed by atoms with van der Waals surface area (Å²) in [6.45, 7) is 11.3. The van der Waals surface area contributed by atoms with Crippen molar-refractivity contribution >= 4 is 22.0 Å². The Morgan fingerprint density at radius 1 is 1.45 bits per heavy atom. The maximum Gasteiger partial charge on any atom is 0.408 e. The zero-order chi connectivity index (χ0) is 15.4. The van der Waals surface area contributed by atoms with Gasteiger partial charge in [0.15, 0.2) is 0 Å². The van der Waals surface area contributed by atoms with E-state index >= 15 is 0 Å². The molecular formula is C16H24BrNO2. The van der Waals surface area contributed by atoms with Gasteiger partial charge < -0.3 is 10.1 Å². The molecular weight excluding hydrogens is 318 g/mol. The van der Waals surface area contributed by atoms with Gasteiger partial charge in [-0.25, -0.2) is 4.79 Å². The molecule has 1 fully saturated rings. The van der Waals surface area contributed by atoms with E-state index in [9.17, 15) is 4.79 Å². The second-order valence-corrected chi connectivity index (χ2v) is 7.55. The van der Waals surface area contributed by atoms with Gasteiger partial charge in [0.1, 0.15) is 5.60 Å². The Morgan fingerprint density at radius 2 is 2.05 bits per heavy atom. The van der Waals surface area contributed by atoms with Gasteiger partial charge in [-0.1, -0.05) is 46.8 Å². The molecule has 1 amide bonds. The van der Waals surface area contributed by atoms with Crippen LogP contribution in [0.4, 0.5) is 4.79 Å². The quantitative estimate of drug-likeness (QED) is 0.590. The first-order valence-electron chi connectivity index (χ1n) is 6.85. The monoisotopic (exact) mass is 341 g/mol. The van der Waals surface area contributed by atoms with Crippen LogP contribution in [0.5, 0.6) is 0 Å². The summed E-state index contributed by atoms with van der Waals surface area (Å²) in [4.78, 5) is 12.2. The van der Waals surface area contributed by atoms with Crippen molar-refractivity contribution in [2.45, 2.75) is 56.5 Å². The molecule has 1 aliphatic carbocycles. The Balaban J connectivity index is 2.82. The summed E-state index contributed by atoms with van der Waals surface area (Å²) in [5, 5.41) is 3.00. The number of hydrogen-bond acceptors (Lipinski definition) is 2. The lowest BCUT2D eigenvalue weighted by atomic mass is 10.0. The third-order valence-electron chi connectivity index (χ3n) is 2.86. The molecule has 0 aromatic heterocycles. The van der Waals surface area contributed by atoms with Gasteiger partial charge in [0.05, 0.1) is 5.54 Å². The number of ether oxygens (including phenoxy) is 1. The number of carbonyl (C=O) groups excluding carboxylic acids is 1. The standard InChI is InChI=1S/C16H24BrNO2/c1-6-7-8-13(11-12(2)17)16(9-10-16)18-14(19)20-15(3,4)5/h6-8,11-12H,1,9-10H2,2-5H3,(H,18,19)/b8-7-,13-11+. The minimum absolute atomic E-state index is 0.241. The van der Waals surface area contributed by atoms with Crippen LogP contribution in [0.1, 0.15) is 40.5 Å². The number of amides is 1. The number of allylic oxidation sites excluding steroid dienone is 3. The van der Waals surface area contributed by atoms with E-state index in [2.05, 4.69) is 33.9 Å². The predicted octanol–water partition coefficient (Wildman–Crippen LogP) is 4.50. The highest BCUT2D eigenvalue weighted by Gasteiger charge is 2.47. The average Bonchev–Trinajstić information content (AvgIpc) is 3.01. The Hall–Kier alpha value is -1.03. The molecule has 0 spiro atoms. The number of halogens is 1. The summed E-state index contributed by atoms with van der Waals surface area (Å²) >= 11 is 3.52. The van der Waals surface area contributed by atoms with Gasteiger partial charge in [0, 0.05) is 4.83 Å². The van der Waals surface area contributed by atoms with Crippen molar-refractivity contribution in [3.05, 3.63) is 36.5 Å². The summed E-state index contributed by atoms with van der Waals surface area (Å²) in [7, 11) is 0. The molecule has 0 heterocycles. The molecule has 20 heavy (non-hydrogen) atoms. The minimum Gasteiger partial charge on any atom is -0.444 e. The van der Waals surface area contributed by atoms with Crippen LogP contribution in [-0.2, 0) is 4.74 Å². The van der Waals surface area contributed by atoms with Gasteiger partial charge in [0.25, 0.3) is 0 Å². The lowest BCUT2D eigenvalue weighted by Crippen LogP contribution is -2.41. The van der Waals surface area contributed by atoms with Gasteiger partial charge in [-0.15, -0.1) is 0 Å². The molecule has 0 aliphatic heterocycles. The largest absolute Gasteiger partial charge is 0.444 e. The number of nitrogens with one attached hydrogen (secondary N) is 1. The van der Waals surface area contributed by atoms with Crippen LogP contribution in [0.3, 0.4) is 0 Å². The van der Waals surface area contributed by atoms with E-state index < -0.39 is 5.60 Å². The van der Waals surface area contributed by atoms with Crippen molar-refractivity contribution in [2.75, 3.05) is 0 Å². The Morgan fingerprint density at radius 3 is 2.45 bits per heavy atom. The van der Waals surface area contributed by atoms with Crippen LogP contribution < -0.4 is 5.32 Å². The first-order chi connectivity index (χ1) is 9.18. The molecule has 4 heteroatoms. The summed E-state index contributed by atoms with van der Waals surface area (Å²) in [5.74, 6) is 0. The van der Waals surface area contributed by atoms with Crippen molar-refractivity contribution < 1.29 is 9.53 Å². The summed E-state index contributed by atoms with van der Waals surface area (Å²) in [5.41, 5.74) is 0.320. The highest BCUT2D eigenvalue weighted by atomic mass is 79.9. The van der Waals surface area contributed by atoms with E-state index in [1.165, 1.54) is 0 Å². The predicted molar refractivity (Wildman–Crippen MR) is 87.1 cm³/mol. The zero-order valence-electron chi connectivity index (χ0n) is 12.7. The van der Waals surface area contributed by atoms with Crippen LogP contribution in [0.2, 0.25) is 0 Å². The van der Waals surface area contributed by atoms with Crippen LogP contribution in [0.15, 0.2) is 36.5 Å². The molecule has 0 aromatic rings. The molecule has 1 unspecified atom stereocenters. The molecule has 0 saturated heterocycles. The summed E-state index contributed by atoms with van der Waals surface area (Å²) in [6, 6.07) is 0. The molecule has 0 aromatic carbocycles. The molecule has 1 rings (SSSR count). The topological polar surface area (TPSA) is 38.3 Å². The highest BCUT2D eigenvalue weighted by Crippen LogP contribution is 2.43. The van der Waals surface area contributed by atoms with E-state index in [1.807, 2.05) is 39.8 Å². The van der Waals surface area contributed by atoms with Crippen LogP contribution in [-0.4, -0.2) is 22.1 Å². The third-order valence-corrected chi connectivity index (χ3v) is 3.13. The molecule has 3 nitrogen and oxygen atoms in total. The van der Waals surface area contributed by atoms with Crippen LogP contribution >= 0.6 is 15.9 Å². The smallest absolute Gasteiger partial charge is 0.408 e. The van der Waals surface area contributed by atoms with E-state index in [4.69, 9.17) is 4.74 Å². The maximum absolute atomic E-state index is 12.0. The fourth-order valence-corrected chi connectivity index (χ4v) is 2.19. The average molecular weight is 342 g/mol. The molecule has 1 atom stereocenters. The molecule has 1 aliphatic rings. The van der Waals surface area contributed by atoms with Gasteiger partial charge in [-0.05, 0) is 46.1 Å². The first-order valence-corrected chi connectivity index (χ1v) is 7.77. The Bertz CT molecular complexity index is 426. The van der Waals surface area contributed by atoms with Gasteiger partial charge >= 0.3 is 6.09 Å². The zero-order valence-corrected chi connectivity index (χ0v) is 14.3. The fraction of sp³-hybridized carbons (Fsp3) is 0.562. The summed E-state index contributed by atoms with van der Waals surface area (Å²) < 4.78 is 5.34. The van der Waals surface area contributed by atoms with E-state index in [0.717, 1.165) is 18.4 Å². The third kappa shape index (κ3) is 5.53. The van der Waals surface area contributed by atoms with E-state index in [-0.39, 0.29) is 16.5 Å². The number of carbonyl (C=O) groups is 1. The van der Waals surface area contributed by atoms with E-state index in [1.54, 1.807) is 6.08 Å². The Kier molecular flexibility index (Phi) is 5.63. The van der Waals surface area contributed by atoms with Gasteiger partial charge in [0.2, 0.25) is 0 Å². The highest BCUT2D eigenvalue weighted by molar-refractivity contribution is 9.09. The molecule has 1 saturated carbocycles. The molecule has 0 bridgehead atoms. The second kappa shape index (κ2) is 6.61. The number of alkyl carbamates (subject to hydrolysis) is 1. The van der Waals surface area contributed by atoms with Crippen molar-refractivity contribution in [1.82, 2.24) is 5.32 Å². The fourth-order valence-electron chi connectivity index (χ4n) is 1.90. The number of rotatable bonds is 5. The maximum atomic E-state index is 12.0. The number of hydrogen-bond donors (Lipinski definition) is 1. The number of alkyl halides is 1. The lowest BCUT2D eigenvalue weighted by molar-refractivity contribution is 0.0506. The SMILES string of the molecule is C=C/C=C\C(=C/C(C)Br)C1(NC(=O)OC(C)(C)C)CC1. The Labute approximate surface area is 130 Å². The molecule has 0 radical (unpaired) electrons. The van der Waals surface area contributed by atoms with Crippen molar-refractivity contribution in [1.29, 1.82) is 0 Å². The normalized spacial score (nSPS) is 19.6. The minimum atomic E-state index is -0.482. The van der Waals surface area contributed by atoms with Crippen LogP contribution in [0.25, 0.3) is 0 Å². The van der Waals surface area contributed by atoms with Crippen molar-refractivity contribution in [3.8, 4) is 0 Å². The molecule has 1 N–H and O–H groups in total. The second-order valence-electron chi connectivity index (χ2n) is 6.10. The summed E-state index contributed by atoms with van der Waals surface area (Å²) in [6.07, 6.45) is 9.21. The van der Waals surface area contributed by atoms with E-state index in [0.29, 0.717) is 0 Å². The van der Waals surface area contributed by atoms with Gasteiger partial charge in [-0.2, -0.15) is 0 Å².